The average Bonchev–Trinajstić information content (AvgIpc) is 2.76. The van der Waals surface area contributed by atoms with Crippen LogP contribution in [-0.4, -0.2) is 43.4 Å². The van der Waals surface area contributed by atoms with E-state index >= 15 is 0 Å². The van der Waals surface area contributed by atoms with Gasteiger partial charge in [-0.05, 0) is 43.3 Å². The Morgan fingerprint density at radius 1 is 0.897 bits per heavy atom. The molecule has 2 heterocycles. The first-order valence-corrected chi connectivity index (χ1v) is 9.66. The van der Waals surface area contributed by atoms with Crippen molar-refractivity contribution in [3.8, 4) is 5.75 Å². The van der Waals surface area contributed by atoms with Crippen molar-refractivity contribution in [2.45, 2.75) is 6.92 Å². The third-order valence-electron chi connectivity index (χ3n) is 4.72. The largest absolute Gasteiger partial charge is 0.497 e. The van der Waals surface area contributed by atoms with Gasteiger partial charge in [0.05, 0.1) is 20.3 Å². The Morgan fingerprint density at radius 2 is 1.55 bits per heavy atom. The van der Waals surface area contributed by atoms with Crippen LogP contribution in [-0.2, 0) is 4.74 Å². The molecule has 1 saturated heterocycles. The van der Waals surface area contributed by atoms with Gasteiger partial charge >= 0.3 is 0 Å². The predicted octanol–water partition coefficient (Wildman–Crippen LogP) is 4.12. The molecule has 150 valence electrons. The second-order valence-electron chi connectivity index (χ2n) is 6.88. The van der Waals surface area contributed by atoms with Gasteiger partial charge in [-0.25, -0.2) is 0 Å². The van der Waals surface area contributed by atoms with Crippen LogP contribution in [0.2, 0.25) is 0 Å². The van der Waals surface area contributed by atoms with E-state index in [9.17, 15) is 0 Å². The number of ether oxygens (including phenoxy) is 2. The summed E-state index contributed by atoms with van der Waals surface area (Å²) in [6.45, 7) is 5.08. The van der Waals surface area contributed by atoms with Crippen molar-refractivity contribution in [1.82, 2.24) is 9.97 Å². The summed E-state index contributed by atoms with van der Waals surface area (Å²) in [7, 11) is 1.66. The maximum atomic E-state index is 5.48. The van der Waals surface area contributed by atoms with E-state index < -0.39 is 0 Å². The van der Waals surface area contributed by atoms with Crippen LogP contribution < -0.4 is 20.3 Å². The zero-order chi connectivity index (χ0) is 20.1. The quantitative estimate of drug-likeness (QED) is 0.655. The predicted molar refractivity (Wildman–Crippen MR) is 116 cm³/mol. The van der Waals surface area contributed by atoms with Crippen molar-refractivity contribution in [1.29, 1.82) is 0 Å². The molecule has 4 rings (SSSR count). The average molecular weight is 391 g/mol. The summed E-state index contributed by atoms with van der Waals surface area (Å²) >= 11 is 0. The number of nitrogens with zero attached hydrogens (tertiary/aromatic N) is 3. The van der Waals surface area contributed by atoms with Crippen LogP contribution in [0.3, 0.4) is 0 Å². The van der Waals surface area contributed by atoms with Crippen LogP contribution in [0.5, 0.6) is 5.75 Å². The fourth-order valence-electron chi connectivity index (χ4n) is 3.10. The van der Waals surface area contributed by atoms with E-state index in [1.807, 2.05) is 42.5 Å². The maximum absolute atomic E-state index is 5.48. The van der Waals surface area contributed by atoms with E-state index in [4.69, 9.17) is 14.5 Å². The Labute approximate surface area is 170 Å². The molecular weight excluding hydrogens is 366 g/mol. The summed E-state index contributed by atoms with van der Waals surface area (Å²) < 4.78 is 10.7. The lowest BCUT2D eigenvalue weighted by atomic mass is 10.2. The highest BCUT2D eigenvalue weighted by molar-refractivity contribution is 5.64. The maximum Gasteiger partial charge on any atom is 0.231 e. The molecule has 7 nitrogen and oxygen atoms in total. The van der Waals surface area contributed by atoms with Crippen LogP contribution in [0.4, 0.5) is 29.0 Å². The zero-order valence-electron chi connectivity index (χ0n) is 16.7. The highest BCUT2D eigenvalue weighted by Gasteiger charge is 2.15. The number of aromatic nitrogens is 2. The second kappa shape index (κ2) is 8.79. The van der Waals surface area contributed by atoms with Crippen molar-refractivity contribution < 1.29 is 9.47 Å². The smallest absolute Gasteiger partial charge is 0.231 e. The molecule has 1 aromatic heterocycles. The van der Waals surface area contributed by atoms with Gasteiger partial charge in [0.2, 0.25) is 5.95 Å². The van der Waals surface area contributed by atoms with Crippen molar-refractivity contribution in [3.63, 3.8) is 0 Å². The van der Waals surface area contributed by atoms with Crippen molar-refractivity contribution in [2.24, 2.45) is 0 Å². The van der Waals surface area contributed by atoms with Gasteiger partial charge < -0.3 is 25.0 Å². The molecule has 2 N–H and O–H groups in total. The second-order valence-corrected chi connectivity index (χ2v) is 6.88. The summed E-state index contributed by atoms with van der Waals surface area (Å²) in [5.41, 5.74) is 3.09. The molecule has 0 bridgehead atoms. The molecule has 2 aromatic carbocycles. The molecule has 0 atom stereocenters. The molecular formula is C22H25N5O2. The Morgan fingerprint density at radius 3 is 2.24 bits per heavy atom. The van der Waals surface area contributed by atoms with Crippen LogP contribution in [0.1, 0.15) is 5.56 Å². The molecule has 0 radical (unpaired) electrons. The minimum atomic E-state index is 0.550. The number of hydrogen-bond acceptors (Lipinski definition) is 7. The van der Waals surface area contributed by atoms with E-state index in [1.165, 1.54) is 5.56 Å². The van der Waals surface area contributed by atoms with Gasteiger partial charge in [0, 0.05) is 30.5 Å². The monoisotopic (exact) mass is 391 g/mol. The summed E-state index contributed by atoms with van der Waals surface area (Å²) in [4.78, 5) is 11.6. The number of hydrogen-bond donors (Lipinski definition) is 2. The first-order valence-electron chi connectivity index (χ1n) is 9.66. The first-order chi connectivity index (χ1) is 14.2. The highest BCUT2D eigenvalue weighted by Crippen LogP contribution is 2.25. The lowest BCUT2D eigenvalue weighted by Gasteiger charge is -2.28. The molecule has 29 heavy (non-hydrogen) atoms. The SMILES string of the molecule is COc1ccc(Nc2cc(N3CCOCC3)nc(Nc3ccc(C)cc3)n2)cc1. The molecule has 3 aromatic rings. The molecule has 1 aliphatic heterocycles. The molecule has 0 spiro atoms. The minimum absolute atomic E-state index is 0.550. The topological polar surface area (TPSA) is 71.5 Å². The van der Waals surface area contributed by atoms with Crippen LogP contribution >= 0.6 is 0 Å². The van der Waals surface area contributed by atoms with E-state index in [0.717, 1.165) is 41.8 Å². The third-order valence-corrected chi connectivity index (χ3v) is 4.72. The van der Waals surface area contributed by atoms with E-state index in [0.29, 0.717) is 19.2 Å². The molecule has 0 saturated carbocycles. The number of aryl methyl sites for hydroxylation is 1. The van der Waals surface area contributed by atoms with Crippen molar-refractivity contribution >= 4 is 29.0 Å². The van der Waals surface area contributed by atoms with Gasteiger partial charge in [-0.2, -0.15) is 9.97 Å². The Bertz CT molecular complexity index is 938. The van der Waals surface area contributed by atoms with Gasteiger partial charge in [-0.15, -0.1) is 0 Å². The Kier molecular flexibility index (Phi) is 5.76. The molecule has 1 aliphatic rings. The number of methoxy groups -OCH3 is 1. The van der Waals surface area contributed by atoms with E-state index in [2.05, 4.69) is 39.6 Å². The number of anilines is 5. The van der Waals surface area contributed by atoms with Crippen LogP contribution in [0.25, 0.3) is 0 Å². The zero-order valence-corrected chi connectivity index (χ0v) is 16.7. The van der Waals surface area contributed by atoms with Crippen LogP contribution in [0, 0.1) is 6.92 Å². The van der Waals surface area contributed by atoms with Crippen molar-refractivity contribution in [3.05, 3.63) is 60.2 Å². The number of rotatable bonds is 6. The fourth-order valence-corrected chi connectivity index (χ4v) is 3.10. The molecule has 0 unspecified atom stereocenters. The third kappa shape index (κ3) is 4.94. The van der Waals surface area contributed by atoms with Gasteiger partial charge in [-0.1, -0.05) is 17.7 Å². The number of nitrogens with one attached hydrogen (secondary N) is 2. The van der Waals surface area contributed by atoms with Gasteiger partial charge in [0.1, 0.15) is 17.4 Å². The van der Waals surface area contributed by atoms with Gasteiger partial charge in [0.15, 0.2) is 0 Å². The fraction of sp³-hybridized carbons (Fsp3) is 0.273. The van der Waals surface area contributed by atoms with E-state index in [-0.39, 0.29) is 0 Å². The summed E-state index contributed by atoms with van der Waals surface area (Å²) in [5.74, 6) is 2.96. The number of morpholine rings is 1. The summed E-state index contributed by atoms with van der Waals surface area (Å²) in [6, 6.07) is 17.9. The molecule has 0 aliphatic carbocycles. The van der Waals surface area contributed by atoms with Gasteiger partial charge in [0.25, 0.3) is 0 Å². The first kappa shape index (κ1) is 19.0. The van der Waals surface area contributed by atoms with Crippen molar-refractivity contribution in [2.75, 3.05) is 48.9 Å². The molecule has 1 fully saturated rings. The molecule has 7 heteroatoms. The summed E-state index contributed by atoms with van der Waals surface area (Å²) in [5, 5.41) is 6.68. The standard InChI is InChI=1S/C22H25N5O2/c1-16-3-5-18(6-4-16)24-22-25-20(23-17-7-9-19(28-2)10-8-17)15-21(26-22)27-11-13-29-14-12-27/h3-10,15H,11-14H2,1-2H3,(H2,23,24,25,26). The summed E-state index contributed by atoms with van der Waals surface area (Å²) in [6.07, 6.45) is 0. The van der Waals surface area contributed by atoms with Crippen LogP contribution in [0.15, 0.2) is 54.6 Å². The lowest BCUT2D eigenvalue weighted by Crippen LogP contribution is -2.36. The Hall–Kier alpha value is -3.32. The Balaban J connectivity index is 1.61. The highest BCUT2D eigenvalue weighted by atomic mass is 16.5. The lowest BCUT2D eigenvalue weighted by molar-refractivity contribution is 0.122. The van der Waals surface area contributed by atoms with E-state index in [1.54, 1.807) is 7.11 Å². The number of benzene rings is 2. The van der Waals surface area contributed by atoms with Gasteiger partial charge in [-0.3, -0.25) is 0 Å². The molecule has 0 amide bonds. The normalized spacial score (nSPS) is 13.8. The minimum Gasteiger partial charge on any atom is -0.497 e.